The SMILES string of the molecule is CCOC(=O)c1c(NC(=O)CSCCO)sc2c1CCCC2. The topological polar surface area (TPSA) is 75.6 Å². The normalized spacial score (nSPS) is 13.5. The van der Waals surface area contributed by atoms with Crippen LogP contribution in [0.1, 0.15) is 40.6 Å². The summed E-state index contributed by atoms with van der Waals surface area (Å²) in [6.45, 7) is 2.16. The number of hydrogen-bond acceptors (Lipinski definition) is 6. The molecule has 5 nitrogen and oxygen atoms in total. The highest BCUT2D eigenvalue weighted by Gasteiger charge is 2.27. The van der Waals surface area contributed by atoms with E-state index in [1.165, 1.54) is 28.0 Å². The largest absolute Gasteiger partial charge is 0.462 e. The molecular formula is C15H21NO4S2. The van der Waals surface area contributed by atoms with Crippen molar-refractivity contribution >= 4 is 40.0 Å². The number of aryl methyl sites for hydroxylation is 1. The zero-order chi connectivity index (χ0) is 15.9. The smallest absolute Gasteiger partial charge is 0.341 e. The van der Waals surface area contributed by atoms with Gasteiger partial charge in [-0.05, 0) is 38.2 Å². The number of thioether (sulfide) groups is 1. The van der Waals surface area contributed by atoms with Crippen LogP contribution in [0.5, 0.6) is 0 Å². The Bertz CT molecular complexity index is 542. The van der Waals surface area contributed by atoms with E-state index in [1.54, 1.807) is 6.92 Å². The molecule has 1 aromatic heterocycles. The van der Waals surface area contributed by atoms with Gasteiger partial charge in [-0.25, -0.2) is 4.79 Å². The van der Waals surface area contributed by atoms with Gasteiger partial charge < -0.3 is 15.2 Å². The number of carbonyl (C=O) groups is 2. The van der Waals surface area contributed by atoms with Gasteiger partial charge in [-0.3, -0.25) is 4.79 Å². The zero-order valence-corrected chi connectivity index (χ0v) is 14.3. The molecule has 122 valence electrons. The summed E-state index contributed by atoms with van der Waals surface area (Å²) in [4.78, 5) is 25.4. The quantitative estimate of drug-likeness (QED) is 0.587. The van der Waals surface area contributed by atoms with Crippen molar-refractivity contribution in [1.82, 2.24) is 0 Å². The molecular weight excluding hydrogens is 322 g/mol. The van der Waals surface area contributed by atoms with Gasteiger partial charge in [0.1, 0.15) is 5.00 Å². The summed E-state index contributed by atoms with van der Waals surface area (Å²) >= 11 is 2.86. The molecule has 0 atom stereocenters. The summed E-state index contributed by atoms with van der Waals surface area (Å²) in [6, 6.07) is 0. The van der Waals surface area contributed by atoms with Crippen LogP contribution < -0.4 is 5.32 Å². The molecule has 0 aromatic carbocycles. The Balaban J connectivity index is 2.17. The van der Waals surface area contributed by atoms with E-state index in [0.717, 1.165) is 31.2 Å². The van der Waals surface area contributed by atoms with Crippen LogP contribution in [0.15, 0.2) is 0 Å². The van der Waals surface area contributed by atoms with Crippen molar-refractivity contribution in [1.29, 1.82) is 0 Å². The lowest BCUT2D eigenvalue weighted by molar-refractivity contribution is -0.113. The summed E-state index contributed by atoms with van der Waals surface area (Å²) in [5.41, 5.74) is 1.59. The molecule has 0 aliphatic heterocycles. The molecule has 0 radical (unpaired) electrons. The Kier molecular flexibility index (Phi) is 6.72. The number of esters is 1. The number of anilines is 1. The fourth-order valence-electron chi connectivity index (χ4n) is 2.47. The van der Waals surface area contributed by atoms with Crippen molar-refractivity contribution in [3.63, 3.8) is 0 Å². The molecule has 22 heavy (non-hydrogen) atoms. The van der Waals surface area contributed by atoms with Gasteiger partial charge in [0.05, 0.1) is 24.5 Å². The summed E-state index contributed by atoms with van der Waals surface area (Å²) in [6.07, 6.45) is 4.02. The van der Waals surface area contributed by atoms with Crippen LogP contribution in [0.4, 0.5) is 5.00 Å². The predicted molar refractivity (Wildman–Crippen MR) is 90.0 cm³/mol. The Morgan fingerprint density at radius 3 is 2.86 bits per heavy atom. The first-order valence-electron chi connectivity index (χ1n) is 7.47. The van der Waals surface area contributed by atoms with Gasteiger partial charge in [-0.15, -0.1) is 23.1 Å². The number of aliphatic hydroxyl groups excluding tert-OH is 1. The molecule has 2 rings (SSSR count). The molecule has 0 saturated heterocycles. The fraction of sp³-hybridized carbons (Fsp3) is 0.600. The Morgan fingerprint density at radius 2 is 2.14 bits per heavy atom. The van der Waals surface area contributed by atoms with Crippen LogP contribution in [-0.4, -0.2) is 41.7 Å². The van der Waals surface area contributed by atoms with E-state index in [1.807, 2.05) is 0 Å². The van der Waals surface area contributed by atoms with E-state index in [2.05, 4.69) is 5.32 Å². The van der Waals surface area contributed by atoms with Crippen LogP contribution in [0, 0.1) is 0 Å². The molecule has 0 fully saturated rings. The highest BCUT2D eigenvalue weighted by atomic mass is 32.2. The first kappa shape index (κ1) is 17.3. The maximum absolute atomic E-state index is 12.2. The van der Waals surface area contributed by atoms with Crippen LogP contribution in [-0.2, 0) is 22.4 Å². The van der Waals surface area contributed by atoms with Gasteiger partial charge in [-0.1, -0.05) is 0 Å². The third kappa shape index (κ3) is 4.24. The number of carbonyl (C=O) groups excluding carboxylic acids is 2. The minimum Gasteiger partial charge on any atom is -0.462 e. The molecule has 0 bridgehead atoms. The van der Waals surface area contributed by atoms with Crippen molar-refractivity contribution < 1.29 is 19.4 Å². The van der Waals surface area contributed by atoms with Crippen molar-refractivity contribution in [2.45, 2.75) is 32.6 Å². The number of rotatable bonds is 7. The standard InChI is InChI=1S/C15H21NO4S2/c1-2-20-15(19)13-10-5-3-4-6-11(10)22-14(13)16-12(18)9-21-8-7-17/h17H,2-9H2,1H3,(H,16,18). The van der Waals surface area contributed by atoms with Crippen molar-refractivity contribution in [2.24, 2.45) is 0 Å². The van der Waals surface area contributed by atoms with E-state index in [9.17, 15) is 9.59 Å². The Labute approximate surface area is 138 Å². The Morgan fingerprint density at radius 1 is 1.36 bits per heavy atom. The molecule has 2 N–H and O–H groups in total. The second kappa shape index (κ2) is 8.55. The minimum absolute atomic E-state index is 0.0549. The van der Waals surface area contributed by atoms with Gasteiger partial charge in [0.15, 0.2) is 0 Å². The average Bonchev–Trinajstić information content (AvgIpc) is 2.85. The summed E-state index contributed by atoms with van der Waals surface area (Å²) in [7, 11) is 0. The maximum Gasteiger partial charge on any atom is 0.341 e. The summed E-state index contributed by atoms with van der Waals surface area (Å²) < 4.78 is 5.15. The molecule has 0 unspecified atom stereocenters. The van der Waals surface area contributed by atoms with Gasteiger partial charge >= 0.3 is 5.97 Å². The van der Waals surface area contributed by atoms with Crippen molar-refractivity contribution in [3.8, 4) is 0 Å². The first-order valence-corrected chi connectivity index (χ1v) is 9.44. The van der Waals surface area contributed by atoms with E-state index < -0.39 is 0 Å². The third-order valence-electron chi connectivity index (χ3n) is 3.37. The van der Waals surface area contributed by atoms with Crippen molar-refractivity contribution in [2.75, 3.05) is 30.0 Å². The third-order valence-corrected chi connectivity index (χ3v) is 5.52. The second-order valence-corrected chi connectivity index (χ2v) is 7.17. The lowest BCUT2D eigenvalue weighted by Crippen LogP contribution is -2.17. The maximum atomic E-state index is 12.2. The van der Waals surface area contributed by atoms with Crippen molar-refractivity contribution in [3.05, 3.63) is 16.0 Å². The molecule has 0 saturated carbocycles. The molecule has 1 heterocycles. The number of thiophene rings is 1. The zero-order valence-electron chi connectivity index (χ0n) is 12.6. The highest BCUT2D eigenvalue weighted by Crippen LogP contribution is 2.38. The number of ether oxygens (including phenoxy) is 1. The lowest BCUT2D eigenvalue weighted by atomic mass is 9.95. The molecule has 0 spiro atoms. The number of nitrogens with one attached hydrogen (secondary N) is 1. The molecule has 7 heteroatoms. The Hall–Kier alpha value is -1.05. The number of fused-ring (bicyclic) bond motifs is 1. The lowest BCUT2D eigenvalue weighted by Gasteiger charge is -2.12. The van der Waals surface area contributed by atoms with Gasteiger partial charge in [0.25, 0.3) is 0 Å². The van der Waals surface area contributed by atoms with Crippen LogP contribution in [0.2, 0.25) is 0 Å². The summed E-state index contributed by atoms with van der Waals surface area (Å²) in [5, 5.41) is 12.2. The highest BCUT2D eigenvalue weighted by molar-refractivity contribution is 7.99. The van der Waals surface area contributed by atoms with Gasteiger partial charge in [-0.2, -0.15) is 0 Å². The van der Waals surface area contributed by atoms with Crippen LogP contribution >= 0.6 is 23.1 Å². The minimum atomic E-state index is -0.347. The number of hydrogen-bond donors (Lipinski definition) is 2. The van der Waals surface area contributed by atoms with E-state index in [0.29, 0.717) is 22.9 Å². The van der Waals surface area contributed by atoms with E-state index in [4.69, 9.17) is 9.84 Å². The van der Waals surface area contributed by atoms with Crippen LogP contribution in [0.25, 0.3) is 0 Å². The molecule has 1 aliphatic carbocycles. The molecule has 1 amide bonds. The first-order chi connectivity index (χ1) is 10.7. The van der Waals surface area contributed by atoms with Gasteiger partial charge in [0, 0.05) is 10.6 Å². The average molecular weight is 343 g/mol. The number of amides is 1. The van der Waals surface area contributed by atoms with Crippen LogP contribution in [0.3, 0.4) is 0 Å². The van der Waals surface area contributed by atoms with E-state index in [-0.39, 0.29) is 24.2 Å². The molecule has 1 aliphatic rings. The van der Waals surface area contributed by atoms with Gasteiger partial charge in [0.2, 0.25) is 5.91 Å². The predicted octanol–water partition coefficient (Wildman–Crippen LogP) is 2.47. The summed E-state index contributed by atoms with van der Waals surface area (Å²) in [5.74, 6) is 0.299. The van der Waals surface area contributed by atoms with E-state index >= 15 is 0 Å². The fourth-order valence-corrected chi connectivity index (χ4v) is 4.29. The molecule has 1 aromatic rings. The monoisotopic (exact) mass is 343 g/mol. The number of aliphatic hydroxyl groups is 1. The second-order valence-electron chi connectivity index (χ2n) is 4.96.